The third kappa shape index (κ3) is 3.68. The summed E-state index contributed by atoms with van der Waals surface area (Å²) in [5, 5.41) is 11.5. The van der Waals surface area contributed by atoms with Gasteiger partial charge in [-0.3, -0.25) is 4.79 Å². The number of benzene rings is 1. The van der Waals surface area contributed by atoms with Crippen LogP contribution in [-0.4, -0.2) is 22.5 Å². The zero-order valence-corrected chi connectivity index (χ0v) is 11.6. The van der Waals surface area contributed by atoms with Gasteiger partial charge in [0.1, 0.15) is 0 Å². The van der Waals surface area contributed by atoms with E-state index in [1.807, 2.05) is 18.2 Å². The molecule has 1 aliphatic rings. The average Bonchev–Trinajstić information content (AvgIpc) is 2.73. The van der Waals surface area contributed by atoms with E-state index in [2.05, 4.69) is 22.1 Å². The van der Waals surface area contributed by atoms with Crippen LogP contribution in [0.1, 0.15) is 12.0 Å². The van der Waals surface area contributed by atoms with Crippen LogP contribution in [0.4, 0.5) is 0 Å². The molecule has 1 N–H and O–H groups in total. The van der Waals surface area contributed by atoms with Gasteiger partial charge in [-0.1, -0.05) is 47.6 Å². The number of hydrogen-bond acceptors (Lipinski definition) is 4. The van der Waals surface area contributed by atoms with Crippen molar-refractivity contribution in [3.05, 3.63) is 47.5 Å². The monoisotopic (exact) mass is 293 g/mol. The molecule has 1 aromatic carbocycles. The van der Waals surface area contributed by atoms with Gasteiger partial charge in [0.05, 0.1) is 11.5 Å². The van der Waals surface area contributed by atoms with Crippen LogP contribution in [0.15, 0.2) is 47.1 Å². The molecule has 6 heteroatoms. The summed E-state index contributed by atoms with van der Waals surface area (Å²) < 4.78 is 0. The summed E-state index contributed by atoms with van der Waals surface area (Å²) in [4.78, 5) is 11.5. The second-order valence-electron chi connectivity index (χ2n) is 3.79. The fraction of sp³-hybridized carbons (Fsp3) is 0.154. The number of amides is 1. The van der Waals surface area contributed by atoms with Gasteiger partial charge in [-0.15, -0.1) is 11.7 Å². The number of rotatable bonds is 4. The van der Waals surface area contributed by atoms with Crippen molar-refractivity contribution in [1.29, 1.82) is 0 Å². The van der Waals surface area contributed by atoms with Gasteiger partial charge < -0.3 is 5.32 Å². The maximum absolute atomic E-state index is 11.5. The van der Waals surface area contributed by atoms with E-state index in [-0.39, 0.29) is 11.2 Å². The minimum absolute atomic E-state index is 0.0587. The van der Waals surface area contributed by atoms with Crippen LogP contribution in [0.2, 0.25) is 5.02 Å². The van der Waals surface area contributed by atoms with E-state index in [0.29, 0.717) is 16.6 Å². The van der Waals surface area contributed by atoms with E-state index in [9.17, 15) is 4.79 Å². The molecule has 1 atom stereocenters. The SMILES string of the molecule is C=CC[C@H]1S/C(=N/N=C/c2ccccc2Cl)NC1=O. The lowest BCUT2D eigenvalue weighted by molar-refractivity contribution is -0.118. The van der Waals surface area contributed by atoms with Crippen molar-refractivity contribution < 1.29 is 4.79 Å². The Labute approximate surface area is 120 Å². The number of nitrogens with one attached hydrogen (secondary N) is 1. The number of carbonyl (C=O) groups is 1. The normalized spacial score (nSPS) is 21.0. The first kappa shape index (κ1) is 13.8. The van der Waals surface area contributed by atoms with E-state index >= 15 is 0 Å². The molecular weight excluding hydrogens is 282 g/mol. The molecule has 1 heterocycles. The zero-order valence-electron chi connectivity index (χ0n) is 10.0. The van der Waals surface area contributed by atoms with E-state index in [1.165, 1.54) is 11.8 Å². The number of hydrogen-bond donors (Lipinski definition) is 1. The molecule has 19 heavy (non-hydrogen) atoms. The number of carbonyl (C=O) groups excluding carboxylic acids is 1. The van der Waals surface area contributed by atoms with Crippen LogP contribution in [-0.2, 0) is 4.79 Å². The molecule has 0 radical (unpaired) electrons. The Morgan fingerprint density at radius 1 is 1.47 bits per heavy atom. The minimum Gasteiger partial charge on any atom is -0.303 e. The van der Waals surface area contributed by atoms with Gasteiger partial charge >= 0.3 is 0 Å². The molecule has 0 saturated carbocycles. The topological polar surface area (TPSA) is 53.8 Å². The molecule has 0 unspecified atom stereocenters. The van der Waals surface area contributed by atoms with Gasteiger partial charge in [0, 0.05) is 10.6 Å². The molecule has 1 aromatic rings. The first-order valence-corrected chi connectivity index (χ1v) is 6.90. The van der Waals surface area contributed by atoms with Crippen molar-refractivity contribution in [2.45, 2.75) is 11.7 Å². The summed E-state index contributed by atoms with van der Waals surface area (Å²) in [6.07, 6.45) is 3.89. The van der Waals surface area contributed by atoms with Gasteiger partial charge in [0.2, 0.25) is 5.91 Å². The van der Waals surface area contributed by atoms with Crippen molar-refractivity contribution in [2.24, 2.45) is 10.2 Å². The Morgan fingerprint density at radius 3 is 3.00 bits per heavy atom. The lowest BCUT2D eigenvalue weighted by Gasteiger charge is -1.97. The Hall–Kier alpha value is -1.59. The third-order valence-corrected chi connectivity index (χ3v) is 3.85. The van der Waals surface area contributed by atoms with Gasteiger partial charge in [-0.2, -0.15) is 5.10 Å². The third-order valence-electron chi connectivity index (χ3n) is 2.41. The van der Waals surface area contributed by atoms with Crippen molar-refractivity contribution in [2.75, 3.05) is 0 Å². The van der Waals surface area contributed by atoms with Crippen LogP contribution in [0, 0.1) is 0 Å². The molecule has 0 spiro atoms. The molecule has 4 nitrogen and oxygen atoms in total. The molecule has 1 aliphatic heterocycles. The lowest BCUT2D eigenvalue weighted by atomic mass is 10.2. The lowest BCUT2D eigenvalue weighted by Crippen LogP contribution is -2.24. The number of nitrogens with zero attached hydrogens (tertiary/aromatic N) is 2. The maximum Gasteiger partial charge on any atom is 0.239 e. The number of halogens is 1. The van der Waals surface area contributed by atoms with E-state index in [1.54, 1.807) is 18.4 Å². The molecule has 2 rings (SSSR count). The predicted molar refractivity (Wildman–Crippen MR) is 80.8 cm³/mol. The molecular formula is C13H12ClN3OS. The Morgan fingerprint density at radius 2 is 2.26 bits per heavy atom. The summed E-state index contributed by atoms with van der Waals surface area (Å²) in [5.74, 6) is -0.0587. The Kier molecular flexibility index (Phi) is 4.76. The van der Waals surface area contributed by atoms with E-state index in [4.69, 9.17) is 11.6 Å². The van der Waals surface area contributed by atoms with Crippen LogP contribution in [0.3, 0.4) is 0 Å². The van der Waals surface area contributed by atoms with Crippen molar-refractivity contribution >= 4 is 40.7 Å². The standard InChI is InChI=1S/C13H12ClN3OS/c1-2-5-11-12(18)16-13(19-11)17-15-8-9-6-3-4-7-10(9)14/h2-4,6-8,11H,1,5H2,(H,16,17,18)/b15-8+/t11-/m1/s1. The summed E-state index contributed by atoms with van der Waals surface area (Å²) in [6, 6.07) is 7.33. The highest BCUT2D eigenvalue weighted by molar-refractivity contribution is 8.15. The maximum atomic E-state index is 11.5. The van der Waals surface area contributed by atoms with Gasteiger partial charge in [-0.25, -0.2) is 0 Å². The molecule has 0 aromatic heterocycles. The van der Waals surface area contributed by atoms with Gasteiger partial charge in [-0.05, 0) is 12.5 Å². The van der Waals surface area contributed by atoms with Crippen LogP contribution in [0.5, 0.6) is 0 Å². The average molecular weight is 294 g/mol. The highest BCUT2D eigenvalue weighted by Crippen LogP contribution is 2.22. The van der Waals surface area contributed by atoms with E-state index in [0.717, 1.165) is 5.56 Å². The van der Waals surface area contributed by atoms with Crippen LogP contribution < -0.4 is 5.32 Å². The molecule has 98 valence electrons. The number of thioether (sulfide) groups is 1. The quantitative estimate of drug-likeness (QED) is 0.527. The first-order chi connectivity index (χ1) is 9.20. The molecule has 1 saturated heterocycles. The molecule has 1 amide bonds. The second kappa shape index (κ2) is 6.54. The van der Waals surface area contributed by atoms with Crippen molar-refractivity contribution in [3.8, 4) is 0 Å². The predicted octanol–water partition coefficient (Wildman–Crippen LogP) is 2.84. The smallest absolute Gasteiger partial charge is 0.239 e. The molecule has 0 bridgehead atoms. The summed E-state index contributed by atoms with van der Waals surface area (Å²) >= 11 is 7.34. The highest BCUT2D eigenvalue weighted by Gasteiger charge is 2.28. The number of allylic oxidation sites excluding steroid dienone is 1. The largest absolute Gasteiger partial charge is 0.303 e. The van der Waals surface area contributed by atoms with Crippen LogP contribution >= 0.6 is 23.4 Å². The van der Waals surface area contributed by atoms with Crippen molar-refractivity contribution in [3.63, 3.8) is 0 Å². The van der Waals surface area contributed by atoms with Gasteiger partial charge in [0.25, 0.3) is 0 Å². The molecule has 0 aliphatic carbocycles. The minimum atomic E-state index is -0.160. The summed E-state index contributed by atoms with van der Waals surface area (Å²) in [7, 11) is 0. The zero-order chi connectivity index (χ0) is 13.7. The van der Waals surface area contributed by atoms with Crippen LogP contribution in [0.25, 0.3) is 0 Å². The summed E-state index contributed by atoms with van der Waals surface area (Å²) in [5.41, 5.74) is 0.783. The van der Waals surface area contributed by atoms with Crippen molar-refractivity contribution in [1.82, 2.24) is 5.32 Å². The Balaban J connectivity index is 2.02. The fourth-order valence-corrected chi connectivity index (χ4v) is 2.59. The Bertz CT molecular complexity index is 557. The first-order valence-electron chi connectivity index (χ1n) is 5.64. The molecule has 1 fully saturated rings. The summed E-state index contributed by atoms with van der Waals surface area (Å²) in [6.45, 7) is 3.62. The van der Waals surface area contributed by atoms with E-state index < -0.39 is 0 Å². The van der Waals surface area contributed by atoms with Gasteiger partial charge in [0.15, 0.2) is 5.17 Å². The second-order valence-corrected chi connectivity index (χ2v) is 5.39. The highest BCUT2D eigenvalue weighted by atomic mass is 35.5. The number of amidine groups is 1. The fourth-order valence-electron chi connectivity index (χ4n) is 1.48.